The van der Waals surface area contributed by atoms with Crippen molar-refractivity contribution in [3.05, 3.63) is 0 Å². The Kier molecular flexibility index (Phi) is 2.99. The molecule has 0 rings (SSSR count). The van der Waals surface area contributed by atoms with Gasteiger partial charge < -0.3 is 0 Å². The number of hydrogen-bond acceptors (Lipinski definition) is 0. The molecule has 0 bridgehead atoms. The molecule has 7 heavy (non-hydrogen) atoms. The van der Waals surface area contributed by atoms with Gasteiger partial charge >= 0.3 is 54.7 Å². The molecular formula is C6H15As. The molecule has 1 atom stereocenters. The van der Waals surface area contributed by atoms with Gasteiger partial charge in [0, 0.05) is 0 Å². The van der Waals surface area contributed by atoms with Crippen molar-refractivity contribution in [3.63, 3.8) is 0 Å². The Morgan fingerprint density at radius 3 is 1.57 bits per heavy atom. The number of rotatable bonds is 2. The Labute approximate surface area is 55.2 Å². The van der Waals surface area contributed by atoms with Crippen LogP contribution in [0.25, 0.3) is 0 Å². The van der Waals surface area contributed by atoms with Crippen LogP contribution in [-0.2, 0) is 0 Å². The fraction of sp³-hybridized carbons (Fsp3) is 1.00. The quantitative estimate of drug-likeness (QED) is 0.541. The predicted molar refractivity (Wildman–Crippen MR) is 37.5 cm³/mol. The van der Waals surface area contributed by atoms with Crippen LogP contribution in [0.2, 0.25) is 4.20 Å². The van der Waals surface area contributed by atoms with Gasteiger partial charge in [-0.25, -0.2) is 0 Å². The molecular weight excluding hydrogens is 147 g/mol. The summed E-state index contributed by atoms with van der Waals surface area (Å²) in [7, 11) is 0. The molecule has 0 aromatic carbocycles. The van der Waals surface area contributed by atoms with Crippen LogP contribution in [-0.4, -0.2) is 16.9 Å². The van der Waals surface area contributed by atoms with E-state index >= 15 is 0 Å². The van der Waals surface area contributed by atoms with E-state index in [0.29, 0.717) is 4.20 Å². The second-order valence-corrected chi connectivity index (χ2v) is 5.29. The van der Waals surface area contributed by atoms with Gasteiger partial charge in [-0.15, -0.1) is 0 Å². The van der Waals surface area contributed by atoms with Crippen molar-refractivity contribution in [2.75, 3.05) is 0 Å². The molecule has 0 radical (unpaired) electrons. The van der Waals surface area contributed by atoms with Gasteiger partial charge in [0.1, 0.15) is 0 Å². The summed E-state index contributed by atoms with van der Waals surface area (Å²) >= 11 is 1.87. The van der Waals surface area contributed by atoms with E-state index in [0.717, 1.165) is 0 Å². The van der Waals surface area contributed by atoms with E-state index in [2.05, 4.69) is 20.8 Å². The second-order valence-electron chi connectivity index (χ2n) is 2.36. The third-order valence-corrected chi connectivity index (χ3v) is 3.33. The summed E-state index contributed by atoms with van der Waals surface area (Å²) in [5.41, 5.74) is 0. The van der Waals surface area contributed by atoms with E-state index in [1.807, 2.05) is 16.9 Å². The van der Waals surface area contributed by atoms with E-state index < -0.39 is 0 Å². The molecule has 0 aromatic rings. The van der Waals surface area contributed by atoms with Crippen molar-refractivity contribution in [1.82, 2.24) is 0 Å². The van der Waals surface area contributed by atoms with Crippen molar-refractivity contribution in [1.29, 1.82) is 0 Å². The molecule has 0 aromatic heterocycles. The van der Waals surface area contributed by atoms with Crippen LogP contribution in [0.15, 0.2) is 0 Å². The first kappa shape index (κ1) is 7.56. The van der Waals surface area contributed by atoms with Crippen molar-refractivity contribution >= 4 is 16.9 Å². The zero-order valence-corrected chi connectivity index (χ0v) is 7.91. The summed E-state index contributed by atoms with van der Waals surface area (Å²) in [4.78, 5) is 0. The molecule has 0 spiro atoms. The summed E-state index contributed by atoms with van der Waals surface area (Å²) < 4.78 is 0.646. The van der Waals surface area contributed by atoms with Crippen LogP contribution < -0.4 is 0 Å². The van der Waals surface area contributed by atoms with E-state index in [-0.39, 0.29) is 0 Å². The van der Waals surface area contributed by atoms with Gasteiger partial charge in [0.2, 0.25) is 0 Å². The first-order valence-corrected chi connectivity index (χ1v) is 4.12. The maximum atomic E-state index is 2.33. The fourth-order valence-electron chi connectivity index (χ4n) is 0.250. The molecule has 0 N–H and O–H groups in total. The first-order valence-electron chi connectivity index (χ1n) is 2.91. The van der Waals surface area contributed by atoms with Crippen LogP contribution in [0.4, 0.5) is 0 Å². The van der Waals surface area contributed by atoms with Crippen molar-refractivity contribution in [2.24, 2.45) is 0 Å². The molecule has 0 aliphatic rings. The molecule has 44 valence electrons. The molecule has 0 nitrogen and oxygen atoms in total. The molecule has 0 heterocycles. The summed E-state index contributed by atoms with van der Waals surface area (Å²) in [6.07, 6.45) is 2.65. The van der Waals surface area contributed by atoms with Gasteiger partial charge in [-0.05, 0) is 0 Å². The summed E-state index contributed by atoms with van der Waals surface area (Å²) in [6.45, 7) is 6.84. The van der Waals surface area contributed by atoms with Crippen molar-refractivity contribution < 1.29 is 0 Å². The van der Waals surface area contributed by atoms with E-state index in [1.54, 1.807) is 0 Å². The minimum absolute atomic E-state index is 0.646. The second kappa shape index (κ2) is 2.77. The van der Waals surface area contributed by atoms with Gasteiger partial charge in [0.05, 0.1) is 0 Å². The normalized spacial score (nSPS) is 12.0. The average molecular weight is 162 g/mol. The average Bonchev–Trinajstić information content (AvgIpc) is 1.68. The maximum absolute atomic E-state index is 2.33. The third-order valence-electron chi connectivity index (χ3n) is 1.62. The van der Waals surface area contributed by atoms with Gasteiger partial charge in [0.15, 0.2) is 0 Å². The zero-order valence-electron chi connectivity index (χ0n) is 5.49. The SMILES string of the molecule is CCC(C)([AsH2])CC. The predicted octanol–water partition coefficient (Wildman–Crippen LogP) is 1.62. The first-order chi connectivity index (χ1) is 3.12. The van der Waals surface area contributed by atoms with Gasteiger partial charge in [0.25, 0.3) is 0 Å². The van der Waals surface area contributed by atoms with Gasteiger partial charge in [-0.1, -0.05) is 0 Å². The van der Waals surface area contributed by atoms with Crippen LogP contribution in [0.1, 0.15) is 33.6 Å². The molecule has 0 saturated carbocycles. The molecule has 0 fully saturated rings. The van der Waals surface area contributed by atoms with Crippen molar-refractivity contribution in [2.45, 2.75) is 37.8 Å². The van der Waals surface area contributed by atoms with Gasteiger partial charge in [-0.3, -0.25) is 0 Å². The van der Waals surface area contributed by atoms with Crippen LogP contribution >= 0.6 is 0 Å². The molecule has 1 heteroatoms. The van der Waals surface area contributed by atoms with Gasteiger partial charge in [-0.2, -0.15) is 0 Å². The Morgan fingerprint density at radius 1 is 1.29 bits per heavy atom. The Hall–Kier alpha value is 0.558. The van der Waals surface area contributed by atoms with Crippen LogP contribution in [0.3, 0.4) is 0 Å². The topological polar surface area (TPSA) is 0 Å². The third kappa shape index (κ3) is 3.17. The molecule has 0 saturated heterocycles. The zero-order chi connectivity index (χ0) is 5.91. The summed E-state index contributed by atoms with van der Waals surface area (Å²) in [5.74, 6) is 0. The Bertz CT molecular complexity index is 42.1. The summed E-state index contributed by atoms with van der Waals surface area (Å²) in [5, 5.41) is 0. The minimum atomic E-state index is 0.646. The molecule has 1 unspecified atom stereocenters. The summed E-state index contributed by atoms with van der Waals surface area (Å²) in [6, 6.07) is 0. The van der Waals surface area contributed by atoms with Crippen LogP contribution in [0, 0.1) is 0 Å². The number of hydrogen-bond donors (Lipinski definition) is 0. The van der Waals surface area contributed by atoms with E-state index in [4.69, 9.17) is 0 Å². The van der Waals surface area contributed by atoms with E-state index in [1.165, 1.54) is 12.8 Å². The van der Waals surface area contributed by atoms with Crippen LogP contribution in [0.5, 0.6) is 0 Å². The molecule has 0 aliphatic heterocycles. The molecule has 0 aliphatic carbocycles. The van der Waals surface area contributed by atoms with E-state index in [9.17, 15) is 0 Å². The monoisotopic (exact) mass is 162 g/mol. The molecule has 0 amide bonds. The standard InChI is InChI=1S/C6H15As/c1-4-6(3,7)5-2/h4-5,7H2,1-3H3. The van der Waals surface area contributed by atoms with Crippen molar-refractivity contribution in [3.8, 4) is 0 Å². The fourth-order valence-corrected chi connectivity index (χ4v) is 0.250. The Morgan fingerprint density at radius 2 is 1.57 bits per heavy atom. The Balaban J connectivity index is 3.36.